The largest absolute Gasteiger partial charge is 0.350 e. The SMILES string of the molecule is CN(C)C(CNC(=O)c1cn[nH]c1-c1ccccc1)c1ccccc1Cl. The standard InChI is InChI=1S/C20H21ClN4O/c1-25(2)18(15-10-6-7-11-17(15)21)13-22-20(26)16-12-23-24-19(16)14-8-4-3-5-9-14/h3-12,18H,13H2,1-2H3,(H,22,26)(H,23,24). The molecule has 1 amide bonds. The average Bonchev–Trinajstić information content (AvgIpc) is 3.13. The number of hydrogen-bond acceptors (Lipinski definition) is 3. The number of likely N-dealkylation sites (N-methyl/N-ethyl adjacent to an activating group) is 1. The molecule has 0 spiro atoms. The van der Waals surface area contributed by atoms with Crippen molar-refractivity contribution in [3.05, 3.63) is 76.9 Å². The Kier molecular flexibility index (Phi) is 5.71. The van der Waals surface area contributed by atoms with Gasteiger partial charge < -0.3 is 10.2 Å². The lowest BCUT2D eigenvalue weighted by Crippen LogP contribution is -2.34. The summed E-state index contributed by atoms with van der Waals surface area (Å²) in [5.74, 6) is -0.170. The van der Waals surface area contributed by atoms with Gasteiger partial charge in [0.1, 0.15) is 0 Å². The van der Waals surface area contributed by atoms with Crippen LogP contribution in [0.4, 0.5) is 0 Å². The first-order valence-electron chi connectivity index (χ1n) is 8.35. The number of amides is 1. The molecule has 0 radical (unpaired) electrons. The molecule has 0 saturated heterocycles. The van der Waals surface area contributed by atoms with Crippen molar-refractivity contribution in [2.24, 2.45) is 0 Å². The van der Waals surface area contributed by atoms with Crippen molar-refractivity contribution in [3.63, 3.8) is 0 Å². The molecule has 26 heavy (non-hydrogen) atoms. The van der Waals surface area contributed by atoms with Crippen molar-refractivity contribution in [2.45, 2.75) is 6.04 Å². The predicted octanol–water partition coefficient (Wildman–Crippen LogP) is 3.76. The van der Waals surface area contributed by atoms with E-state index in [4.69, 9.17) is 11.6 Å². The van der Waals surface area contributed by atoms with Gasteiger partial charge >= 0.3 is 0 Å². The van der Waals surface area contributed by atoms with E-state index in [1.54, 1.807) is 6.20 Å². The molecule has 1 atom stereocenters. The van der Waals surface area contributed by atoms with E-state index in [9.17, 15) is 4.79 Å². The number of carbonyl (C=O) groups is 1. The van der Waals surface area contributed by atoms with Gasteiger partial charge in [0.25, 0.3) is 5.91 Å². The monoisotopic (exact) mass is 368 g/mol. The molecular formula is C20H21ClN4O. The van der Waals surface area contributed by atoms with Crippen LogP contribution < -0.4 is 5.32 Å². The predicted molar refractivity (Wildman–Crippen MR) is 104 cm³/mol. The number of rotatable bonds is 6. The number of halogens is 1. The fourth-order valence-electron chi connectivity index (χ4n) is 2.88. The van der Waals surface area contributed by atoms with E-state index >= 15 is 0 Å². The minimum Gasteiger partial charge on any atom is -0.350 e. The molecule has 0 fully saturated rings. The van der Waals surface area contributed by atoms with Crippen LogP contribution in [0.1, 0.15) is 22.0 Å². The first-order valence-corrected chi connectivity index (χ1v) is 8.73. The quantitative estimate of drug-likeness (QED) is 0.696. The van der Waals surface area contributed by atoms with Crippen LogP contribution in [0.2, 0.25) is 5.02 Å². The molecule has 1 aromatic heterocycles. The number of aromatic nitrogens is 2. The summed E-state index contributed by atoms with van der Waals surface area (Å²) in [6.07, 6.45) is 1.55. The first kappa shape index (κ1) is 18.2. The highest BCUT2D eigenvalue weighted by atomic mass is 35.5. The lowest BCUT2D eigenvalue weighted by atomic mass is 10.0. The number of H-pyrrole nitrogens is 1. The van der Waals surface area contributed by atoms with Gasteiger partial charge in [-0.15, -0.1) is 0 Å². The number of hydrogen-bond donors (Lipinski definition) is 2. The summed E-state index contributed by atoms with van der Waals surface area (Å²) in [6.45, 7) is 0.439. The van der Waals surface area contributed by atoms with E-state index in [0.717, 1.165) is 11.1 Å². The molecule has 134 valence electrons. The summed E-state index contributed by atoms with van der Waals surface area (Å²) >= 11 is 6.33. The Hall–Kier alpha value is -2.63. The zero-order valence-electron chi connectivity index (χ0n) is 14.7. The van der Waals surface area contributed by atoms with Gasteiger partial charge in [-0.1, -0.05) is 60.1 Å². The normalized spacial score (nSPS) is 12.2. The van der Waals surface area contributed by atoms with Crippen LogP contribution in [-0.4, -0.2) is 41.6 Å². The highest BCUT2D eigenvalue weighted by molar-refractivity contribution is 6.31. The Morgan fingerprint density at radius 1 is 1.15 bits per heavy atom. The van der Waals surface area contributed by atoms with E-state index in [2.05, 4.69) is 15.5 Å². The maximum absolute atomic E-state index is 12.7. The Labute approximate surface area is 158 Å². The molecule has 5 nitrogen and oxygen atoms in total. The third kappa shape index (κ3) is 3.95. The molecule has 2 aromatic carbocycles. The van der Waals surface area contributed by atoms with Crippen molar-refractivity contribution in [1.82, 2.24) is 20.4 Å². The summed E-state index contributed by atoms with van der Waals surface area (Å²) < 4.78 is 0. The summed E-state index contributed by atoms with van der Waals surface area (Å²) in [7, 11) is 3.93. The molecule has 3 rings (SSSR count). The minimum atomic E-state index is -0.170. The van der Waals surface area contributed by atoms with Crippen LogP contribution >= 0.6 is 11.6 Å². The highest BCUT2D eigenvalue weighted by Crippen LogP contribution is 2.26. The number of nitrogens with zero attached hydrogens (tertiary/aromatic N) is 2. The Morgan fingerprint density at radius 3 is 2.54 bits per heavy atom. The highest BCUT2D eigenvalue weighted by Gasteiger charge is 2.20. The molecule has 1 unspecified atom stereocenters. The van der Waals surface area contributed by atoms with E-state index in [-0.39, 0.29) is 11.9 Å². The van der Waals surface area contributed by atoms with Crippen molar-refractivity contribution in [1.29, 1.82) is 0 Å². The zero-order chi connectivity index (χ0) is 18.5. The molecule has 3 aromatic rings. The number of aromatic amines is 1. The Bertz CT molecular complexity index is 876. The molecular weight excluding hydrogens is 348 g/mol. The van der Waals surface area contributed by atoms with Gasteiger partial charge in [0.2, 0.25) is 0 Å². The van der Waals surface area contributed by atoms with E-state index in [1.165, 1.54) is 0 Å². The van der Waals surface area contributed by atoms with Crippen molar-refractivity contribution in [3.8, 4) is 11.3 Å². The summed E-state index contributed by atoms with van der Waals surface area (Å²) in [4.78, 5) is 14.8. The smallest absolute Gasteiger partial charge is 0.255 e. The van der Waals surface area contributed by atoms with Crippen LogP contribution in [-0.2, 0) is 0 Å². The van der Waals surface area contributed by atoms with E-state index in [0.29, 0.717) is 22.8 Å². The van der Waals surface area contributed by atoms with Gasteiger partial charge in [0, 0.05) is 17.1 Å². The average molecular weight is 369 g/mol. The summed E-state index contributed by atoms with van der Waals surface area (Å²) in [5.41, 5.74) is 3.13. The van der Waals surface area contributed by atoms with Crippen LogP contribution in [0.3, 0.4) is 0 Å². The number of nitrogens with one attached hydrogen (secondary N) is 2. The first-order chi connectivity index (χ1) is 12.6. The third-order valence-electron chi connectivity index (χ3n) is 4.29. The Morgan fingerprint density at radius 2 is 1.85 bits per heavy atom. The van der Waals surface area contributed by atoms with Gasteiger partial charge in [-0.05, 0) is 25.7 Å². The molecule has 0 aliphatic heterocycles. The second kappa shape index (κ2) is 8.17. The van der Waals surface area contributed by atoms with Crippen molar-refractivity contribution in [2.75, 3.05) is 20.6 Å². The topological polar surface area (TPSA) is 61.0 Å². The van der Waals surface area contributed by atoms with Gasteiger partial charge in [-0.3, -0.25) is 9.89 Å². The molecule has 0 aliphatic rings. The van der Waals surface area contributed by atoms with Gasteiger partial charge in [0.15, 0.2) is 0 Å². The Balaban J connectivity index is 1.77. The molecule has 6 heteroatoms. The molecule has 0 saturated carbocycles. The van der Waals surface area contributed by atoms with Crippen LogP contribution in [0.15, 0.2) is 60.8 Å². The minimum absolute atomic E-state index is 0.0280. The maximum atomic E-state index is 12.7. The number of carbonyl (C=O) groups excluding carboxylic acids is 1. The van der Waals surface area contributed by atoms with Crippen molar-refractivity contribution < 1.29 is 4.79 Å². The molecule has 0 bridgehead atoms. The lowest BCUT2D eigenvalue weighted by Gasteiger charge is -2.26. The number of benzene rings is 2. The fourth-order valence-corrected chi connectivity index (χ4v) is 3.15. The van der Waals surface area contributed by atoms with Crippen molar-refractivity contribution >= 4 is 17.5 Å². The van der Waals surface area contributed by atoms with E-state index in [1.807, 2.05) is 73.6 Å². The second-order valence-electron chi connectivity index (χ2n) is 6.24. The van der Waals surface area contributed by atoms with Crippen LogP contribution in [0.25, 0.3) is 11.3 Å². The second-order valence-corrected chi connectivity index (χ2v) is 6.64. The maximum Gasteiger partial charge on any atom is 0.255 e. The van der Waals surface area contributed by atoms with Crippen LogP contribution in [0, 0.1) is 0 Å². The van der Waals surface area contributed by atoms with Gasteiger partial charge in [0.05, 0.1) is 23.5 Å². The zero-order valence-corrected chi connectivity index (χ0v) is 15.5. The molecule has 1 heterocycles. The van der Waals surface area contributed by atoms with Gasteiger partial charge in [-0.2, -0.15) is 5.10 Å². The lowest BCUT2D eigenvalue weighted by molar-refractivity contribution is 0.0942. The third-order valence-corrected chi connectivity index (χ3v) is 4.63. The summed E-state index contributed by atoms with van der Waals surface area (Å²) in [6, 6.07) is 17.3. The van der Waals surface area contributed by atoms with Crippen LogP contribution in [0.5, 0.6) is 0 Å². The van der Waals surface area contributed by atoms with Gasteiger partial charge in [-0.25, -0.2) is 0 Å². The fraction of sp³-hybridized carbons (Fsp3) is 0.200. The molecule has 0 aliphatic carbocycles. The van der Waals surface area contributed by atoms with E-state index < -0.39 is 0 Å². The summed E-state index contributed by atoms with van der Waals surface area (Å²) in [5, 5.41) is 10.6. The molecule has 2 N–H and O–H groups in total.